The van der Waals surface area contributed by atoms with Crippen LogP contribution in [-0.2, 0) is 9.47 Å². The molecule has 2 unspecified atom stereocenters. The van der Waals surface area contributed by atoms with Crippen molar-refractivity contribution in [2.75, 3.05) is 52.5 Å². The highest BCUT2D eigenvalue weighted by Crippen LogP contribution is 2.40. The molecular weight excluding hydrogens is 440 g/mol. The molecule has 0 aromatic heterocycles. The summed E-state index contributed by atoms with van der Waals surface area (Å²) in [6.45, 7) is 11.1. The van der Waals surface area contributed by atoms with Crippen molar-refractivity contribution in [3.63, 3.8) is 0 Å². The lowest BCUT2D eigenvalue weighted by Crippen LogP contribution is -2.43. The fourth-order valence-corrected chi connectivity index (χ4v) is 5.62. The van der Waals surface area contributed by atoms with Crippen LogP contribution in [0.1, 0.15) is 50.2 Å². The zero-order valence-electron chi connectivity index (χ0n) is 21.6. The van der Waals surface area contributed by atoms with Crippen LogP contribution in [-0.4, -0.2) is 90.5 Å². The molecule has 3 aliphatic rings. The molecule has 2 N–H and O–H groups in total. The summed E-state index contributed by atoms with van der Waals surface area (Å²) in [4.78, 5) is 4.66. The molecule has 1 aliphatic carbocycles. The number of ether oxygens (including phenoxy) is 2. The number of β-amino-alcohol motifs (C(OH)–C–C–N with tert-alkyl or cyclic N) is 2. The van der Waals surface area contributed by atoms with Gasteiger partial charge in [0.15, 0.2) is 5.79 Å². The second-order valence-corrected chi connectivity index (χ2v) is 10.5. The van der Waals surface area contributed by atoms with Crippen LogP contribution < -0.4 is 0 Å². The summed E-state index contributed by atoms with van der Waals surface area (Å²) < 4.78 is 13.2. The lowest BCUT2D eigenvalue weighted by molar-refractivity contribution is -0.223. The second-order valence-electron chi connectivity index (χ2n) is 10.5. The molecule has 194 valence electrons. The molecular formula is C29H44N2O4. The minimum atomic E-state index is -0.777. The Balaban J connectivity index is 1.35. The Labute approximate surface area is 211 Å². The summed E-state index contributed by atoms with van der Waals surface area (Å²) in [5, 5.41) is 19.5. The molecule has 1 aromatic rings. The van der Waals surface area contributed by atoms with Crippen LogP contribution in [0, 0.1) is 12.8 Å². The van der Waals surface area contributed by atoms with Gasteiger partial charge in [-0.25, -0.2) is 0 Å². The molecule has 4 atom stereocenters. The van der Waals surface area contributed by atoms with Crippen molar-refractivity contribution in [3.05, 3.63) is 53.6 Å². The van der Waals surface area contributed by atoms with E-state index >= 15 is 0 Å². The first-order valence-corrected chi connectivity index (χ1v) is 13.5. The number of aliphatic hydroxyl groups is 2. The maximum Gasteiger partial charge on any atom is 0.194 e. The summed E-state index contributed by atoms with van der Waals surface area (Å²) >= 11 is 0. The molecule has 2 heterocycles. The number of rotatable bonds is 12. The van der Waals surface area contributed by atoms with Crippen LogP contribution in [0.3, 0.4) is 0 Å². The first kappa shape index (κ1) is 26.5. The minimum absolute atomic E-state index is 0.0657. The fourth-order valence-electron chi connectivity index (χ4n) is 5.62. The molecule has 4 rings (SSSR count). The quantitative estimate of drug-likeness (QED) is 0.349. The van der Waals surface area contributed by atoms with Crippen LogP contribution in [0.4, 0.5) is 0 Å². The average Bonchev–Trinajstić information content (AvgIpc) is 3.46. The van der Waals surface area contributed by atoms with E-state index in [4.69, 9.17) is 9.47 Å². The Hall–Kier alpha value is -1.54. The second kappa shape index (κ2) is 12.6. The molecule has 2 fully saturated rings. The Bertz CT molecular complexity index is 872. The van der Waals surface area contributed by atoms with Crippen molar-refractivity contribution >= 4 is 5.57 Å². The van der Waals surface area contributed by atoms with Gasteiger partial charge in [0, 0.05) is 38.6 Å². The number of benzene rings is 1. The SMILES string of the molecule is Cc1ccccc1C1=CC=CC(OCCCCN2CC[C@@H](O)C2)(OCCCN2CC[C@@H](O)C2)C1C. The number of hydrogen-bond donors (Lipinski definition) is 2. The van der Waals surface area contributed by atoms with Crippen LogP contribution in [0.15, 0.2) is 42.5 Å². The van der Waals surface area contributed by atoms with Gasteiger partial charge >= 0.3 is 0 Å². The van der Waals surface area contributed by atoms with Crippen LogP contribution >= 0.6 is 0 Å². The van der Waals surface area contributed by atoms with E-state index in [-0.39, 0.29) is 18.1 Å². The highest BCUT2D eigenvalue weighted by atomic mass is 16.7. The fraction of sp³-hybridized carbons (Fsp3) is 0.655. The lowest BCUT2D eigenvalue weighted by atomic mass is 9.82. The van der Waals surface area contributed by atoms with Crippen molar-refractivity contribution in [2.24, 2.45) is 5.92 Å². The van der Waals surface area contributed by atoms with Gasteiger partial charge in [-0.2, -0.15) is 0 Å². The molecule has 6 heteroatoms. The number of nitrogens with zero attached hydrogens (tertiary/aromatic N) is 2. The molecule has 0 amide bonds. The summed E-state index contributed by atoms with van der Waals surface area (Å²) in [7, 11) is 0. The predicted molar refractivity (Wildman–Crippen MR) is 140 cm³/mol. The normalized spacial score (nSPS) is 29.7. The van der Waals surface area contributed by atoms with Gasteiger partial charge in [0.25, 0.3) is 0 Å². The van der Waals surface area contributed by atoms with E-state index in [0.29, 0.717) is 13.2 Å². The minimum Gasteiger partial charge on any atom is -0.392 e. The summed E-state index contributed by atoms with van der Waals surface area (Å²) in [6, 6.07) is 8.52. The predicted octanol–water partition coefficient (Wildman–Crippen LogP) is 3.62. The van der Waals surface area contributed by atoms with Crippen molar-refractivity contribution in [1.29, 1.82) is 0 Å². The van der Waals surface area contributed by atoms with Crippen LogP contribution in [0.25, 0.3) is 5.57 Å². The highest BCUT2D eigenvalue weighted by molar-refractivity contribution is 5.73. The van der Waals surface area contributed by atoms with Crippen molar-refractivity contribution in [3.8, 4) is 0 Å². The van der Waals surface area contributed by atoms with E-state index in [0.717, 1.165) is 71.4 Å². The lowest BCUT2D eigenvalue weighted by Gasteiger charge is -2.40. The highest BCUT2D eigenvalue weighted by Gasteiger charge is 2.40. The molecule has 0 radical (unpaired) electrons. The number of aliphatic hydroxyl groups excluding tert-OH is 2. The molecule has 2 aliphatic heterocycles. The van der Waals surface area contributed by atoms with Crippen molar-refractivity contribution in [1.82, 2.24) is 9.80 Å². The van der Waals surface area contributed by atoms with Crippen molar-refractivity contribution in [2.45, 2.75) is 63.9 Å². The first-order chi connectivity index (χ1) is 17.0. The van der Waals surface area contributed by atoms with E-state index in [2.05, 4.69) is 66.1 Å². The Morgan fingerprint density at radius 1 is 0.914 bits per heavy atom. The summed E-state index contributed by atoms with van der Waals surface area (Å²) in [5.41, 5.74) is 3.76. The van der Waals surface area contributed by atoms with Crippen LogP contribution in [0.2, 0.25) is 0 Å². The smallest absolute Gasteiger partial charge is 0.194 e. The molecule has 0 bridgehead atoms. The topological polar surface area (TPSA) is 65.4 Å². The molecule has 0 saturated carbocycles. The standard InChI is InChI=1S/C29H44N2O4/c1-23-9-3-4-10-27(23)28-11-7-14-29(24(28)2,35-20-8-16-31-18-13-26(33)22-31)34-19-6-5-15-30-17-12-25(32)21-30/h3-4,7,9-11,14,24-26,32-33H,5-6,8,12-13,15-22H2,1-2H3/t24?,25-,26-,29?/m1/s1. The number of unbranched alkanes of at least 4 members (excludes halogenated alkanes) is 1. The third kappa shape index (κ3) is 7.03. The van der Waals surface area contributed by atoms with E-state index < -0.39 is 5.79 Å². The van der Waals surface area contributed by atoms with Gasteiger partial charge in [-0.05, 0) is 68.3 Å². The average molecular weight is 485 g/mol. The molecule has 1 aromatic carbocycles. The number of hydrogen-bond acceptors (Lipinski definition) is 6. The maximum atomic E-state index is 9.79. The van der Waals surface area contributed by atoms with Crippen molar-refractivity contribution < 1.29 is 19.7 Å². The van der Waals surface area contributed by atoms with Gasteiger partial charge in [-0.1, -0.05) is 43.3 Å². The van der Waals surface area contributed by atoms with E-state index in [9.17, 15) is 10.2 Å². The monoisotopic (exact) mass is 484 g/mol. The van der Waals surface area contributed by atoms with Gasteiger partial charge in [-0.15, -0.1) is 0 Å². The molecule has 6 nitrogen and oxygen atoms in total. The number of aryl methyl sites for hydroxylation is 1. The number of allylic oxidation sites excluding steroid dienone is 2. The zero-order chi connectivity index (χ0) is 24.7. The Morgan fingerprint density at radius 2 is 1.54 bits per heavy atom. The zero-order valence-corrected chi connectivity index (χ0v) is 21.6. The molecule has 0 spiro atoms. The van der Waals surface area contributed by atoms with Gasteiger partial charge < -0.3 is 29.5 Å². The Morgan fingerprint density at radius 3 is 2.17 bits per heavy atom. The molecule has 35 heavy (non-hydrogen) atoms. The summed E-state index contributed by atoms with van der Waals surface area (Å²) in [6.07, 6.45) is 10.7. The third-order valence-electron chi connectivity index (χ3n) is 7.77. The van der Waals surface area contributed by atoms with Gasteiger partial charge in [0.2, 0.25) is 0 Å². The van der Waals surface area contributed by atoms with E-state index in [1.165, 1.54) is 16.7 Å². The summed E-state index contributed by atoms with van der Waals surface area (Å²) in [5.74, 6) is -0.711. The van der Waals surface area contributed by atoms with E-state index in [1.54, 1.807) is 0 Å². The number of likely N-dealkylation sites (tertiary alicyclic amines) is 2. The largest absolute Gasteiger partial charge is 0.392 e. The van der Waals surface area contributed by atoms with E-state index in [1.807, 2.05) is 0 Å². The Kier molecular flexibility index (Phi) is 9.56. The first-order valence-electron chi connectivity index (χ1n) is 13.5. The van der Waals surface area contributed by atoms with Gasteiger partial charge in [0.05, 0.1) is 25.4 Å². The van der Waals surface area contributed by atoms with Crippen LogP contribution in [0.5, 0.6) is 0 Å². The van der Waals surface area contributed by atoms with Gasteiger partial charge in [0.1, 0.15) is 0 Å². The molecule has 2 saturated heterocycles. The maximum absolute atomic E-state index is 9.79. The van der Waals surface area contributed by atoms with Gasteiger partial charge in [-0.3, -0.25) is 0 Å². The third-order valence-corrected chi connectivity index (χ3v) is 7.77.